The summed E-state index contributed by atoms with van der Waals surface area (Å²) in [6.07, 6.45) is 0.998. The van der Waals surface area contributed by atoms with Crippen LogP contribution in [-0.4, -0.2) is 31.0 Å². The number of hydrogen-bond donors (Lipinski definition) is 3. The first-order valence-corrected chi connectivity index (χ1v) is 10.7. The minimum absolute atomic E-state index is 0.176. The molecule has 1 heterocycles. The molecule has 1 aliphatic rings. The van der Waals surface area contributed by atoms with Gasteiger partial charge in [-0.05, 0) is 47.4 Å². The quantitative estimate of drug-likeness (QED) is 0.539. The average Bonchev–Trinajstić information content (AvgIpc) is 2.84. The van der Waals surface area contributed by atoms with Gasteiger partial charge < -0.3 is 20.7 Å². The standard InChI is InChI=1S/C26H27N3O3/c1-32-22-13-11-21(12-14-22)28-26(31)24(15-18-7-3-2-4-8-18)29-25(30)23-16-19-9-5-6-10-20(19)17-27-23/h2-14,23-24,27H,15-17H2,1H3,(H,28,31)(H,29,30). The number of ether oxygens (including phenoxy) is 1. The number of rotatable bonds is 7. The third kappa shape index (κ3) is 5.34. The van der Waals surface area contributed by atoms with Crippen LogP contribution in [0, 0.1) is 0 Å². The maximum absolute atomic E-state index is 13.1. The van der Waals surface area contributed by atoms with Crippen molar-refractivity contribution >= 4 is 17.5 Å². The SMILES string of the molecule is COc1ccc(NC(=O)C(Cc2ccccc2)NC(=O)C2Cc3ccccc3CN2)cc1. The fraction of sp³-hybridized carbons (Fsp3) is 0.231. The van der Waals surface area contributed by atoms with Gasteiger partial charge in [-0.1, -0.05) is 54.6 Å². The Balaban J connectivity index is 1.47. The van der Waals surface area contributed by atoms with E-state index in [9.17, 15) is 9.59 Å². The molecule has 6 nitrogen and oxygen atoms in total. The first-order chi connectivity index (χ1) is 15.6. The van der Waals surface area contributed by atoms with Crippen LogP contribution in [0.5, 0.6) is 5.75 Å². The van der Waals surface area contributed by atoms with Crippen molar-refractivity contribution in [3.8, 4) is 5.75 Å². The molecule has 0 saturated carbocycles. The predicted octanol–water partition coefficient (Wildman–Crippen LogP) is 3.08. The van der Waals surface area contributed by atoms with Gasteiger partial charge >= 0.3 is 0 Å². The first-order valence-electron chi connectivity index (χ1n) is 10.7. The second-order valence-corrected chi connectivity index (χ2v) is 7.87. The molecule has 0 aliphatic carbocycles. The number of hydrogen-bond acceptors (Lipinski definition) is 4. The molecular weight excluding hydrogens is 402 g/mol. The lowest BCUT2D eigenvalue weighted by Crippen LogP contribution is -2.53. The maximum atomic E-state index is 13.1. The van der Waals surface area contributed by atoms with E-state index in [2.05, 4.69) is 22.0 Å². The van der Waals surface area contributed by atoms with Crippen LogP contribution in [0.15, 0.2) is 78.9 Å². The summed E-state index contributed by atoms with van der Waals surface area (Å²) in [5.74, 6) is 0.273. The number of nitrogens with one attached hydrogen (secondary N) is 3. The Morgan fingerprint density at radius 2 is 1.66 bits per heavy atom. The Morgan fingerprint density at radius 1 is 0.969 bits per heavy atom. The lowest BCUT2D eigenvalue weighted by Gasteiger charge is -2.27. The summed E-state index contributed by atoms with van der Waals surface area (Å²) in [6, 6.07) is 23.8. The Hall–Kier alpha value is -3.64. The molecule has 2 unspecified atom stereocenters. The van der Waals surface area contributed by atoms with E-state index in [0.29, 0.717) is 30.8 Å². The lowest BCUT2D eigenvalue weighted by molar-refractivity contribution is -0.128. The van der Waals surface area contributed by atoms with Crippen molar-refractivity contribution in [1.29, 1.82) is 0 Å². The van der Waals surface area contributed by atoms with Crippen molar-refractivity contribution in [2.24, 2.45) is 0 Å². The van der Waals surface area contributed by atoms with Gasteiger partial charge in [0.2, 0.25) is 11.8 Å². The molecule has 32 heavy (non-hydrogen) atoms. The highest BCUT2D eigenvalue weighted by molar-refractivity contribution is 5.98. The van der Waals surface area contributed by atoms with Crippen LogP contribution in [-0.2, 0) is 29.0 Å². The molecule has 1 aliphatic heterocycles. The summed E-state index contributed by atoms with van der Waals surface area (Å²) >= 11 is 0. The van der Waals surface area contributed by atoms with Gasteiger partial charge in [0.15, 0.2) is 0 Å². The zero-order valence-electron chi connectivity index (χ0n) is 18.0. The molecule has 164 valence electrons. The smallest absolute Gasteiger partial charge is 0.247 e. The monoisotopic (exact) mass is 429 g/mol. The Kier molecular flexibility index (Phi) is 6.82. The van der Waals surface area contributed by atoms with E-state index in [4.69, 9.17) is 4.74 Å². The van der Waals surface area contributed by atoms with Crippen molar-refractivity contribution in [3.05, 3.63) is 95.6 Å². The molecule has 0 bridgehead atoms. The topological polar surface area (TPSA) is 79.5 Å². The molecule has 2 amide bonds. The Bertz CT molecular complexity index is 1070. The highest BCUT2D eigenvalue weighted by Gasteiger charge is 2.28. The van der Waals surface area contributed by atoms with Gasteiger partial charge in [-0.3, -0.25) is 9.59 Å². The van der Waals surface area contributed by atoms with Crippen molar-refractivity contribution < 1.29 is 14.3 Å². The number of carbonyl (C=O) groups is 2. The van der Waals surface area contributed by atoms with E-state index in [1.165, 1.54) is 5.56 Å². The van der Waals surface area contributed by atoms with Gasteiger partial charge in [0.25, 0.3) is 0 Å². The van der Waals surface area contributed by atoms with Crippen LogP contribution in [0.1, 0.15) is 16.7 Å². The minimum Gasteiger partial charge on any atom is -0.497 e. The molecule has 3 aromatic rings. The molecule has 6 heteroatoms. The number of fused-ring (bicyclic) bond motifs is 1. The van der Waals surface area contributed by atoms with Crippen LogP contribution in [0.4, 0.5) is 5.69 Å². The zero-order chi connectivity index (χ0) is 22.3. The molecule has 0 fully saturated rings. The van der Waals surface area contributed by atoms with Gasteiger partial charge in [-0.25, -0.2) is 0 Å². The number of methoxy groups -OCH3 is 1. The van der Waals surface area contributed by atoms with Crippen LogP contribution in [0.25, 0.3) is 0 Å². The number of carbonyl (C=O) groups excluding carboxylic acids is 2. The van der Waals surface area contributed by atoms with Gasteiger partial charge in [-0.2, -0.15) is 0 Å². The van der Waals surface area contributed by atoms with E-state index in [1.54, 1.807) is 31.4 Å². The van der Waals surface area contributed by atoms with Crippen LogP contribution in [0.3, 0.4) is 0 Å². The van der Waals surface area contributed by atoms with E-state index in [-0.39, 0.29) is 17.9 Å². The van der Waals surface area contributed by atoms with Crippen molar-refractivity contribution in [2.45, 2.75) is 31.5 Å². The summed E-state index contributed by atoms with van der Waals surface area (Å²) in [5, 5.41) is 9.17. The zero-order valence-corrected chi connectivity index (χ0v) is 18.0. The fourth-order valence-electron chi connectivity index (χ4n) is 3.87. The van der Waals surface area contributed by atoms with Gasteiger partial charge in [0.1, 0.15) is 11.8 Å². The second-order valence-electron chi connectivity index (χ2n) is 7.87. The van der Waals surface area contributed by atoms with Crippen molar-refractivity contribution in [3.63, 3.8) is 0 Å². The normalized spacial score (nSPS) is 15.8. The third-order valence-electron chi connectivity index (χ3n) is 5.67. The predicted molar refractivity (Wildman–Crippen MR) is 124 cm³/mol. The van der Waals surface area contributed by atoms with Crippen molar-refractivity contribution in [2.75, 3.05) is 12.4 Å². The van der Waals surface area contributed by atoms with E-state index in [1.807, 2.05) is 48.5 Å². The van der Waals surface area contributed by atoms with Crippen LogP contribution in [0.2, 0.25) is 0 Å². The van der Waals surface area contributed by atoms with Gasteiger partial charge in [-0.15, -0.1) is 0 Å². The summed E-state index contributed by atoms with van der Waals surface area (Å²) in [6.45, 7) is 0.635. The average molecular weight is 430 g/mol. The number of amides is 2. The van der Waals surface area contributed by atoms with E-state index in [0.717, 1.165) is 11.1 Å². The maximum Gasteiger partial charge on any atom is 0.247 e. The molecular formula is C26H27N3O3. The molecule has 0 spiro atoms. The lowest BCUT2D eigenvalue weighted by atomic mass is 9.95. The highest BCUT2D eigenvalue weighted by Crippen LogP contribution is 2.18. The Labute approximate surface area is 188 Å². The molecule has 2 atom stereocenters. The van der Waals surface area contributed by atoms with E-state index < -0.39 is 6.04 Å². The summed E-state index contributed by atoms with van der Waals surface area (Å²) in [5.41, 5.74) is 3.99. The largest absolute Gasteiger partial charge is 0.497 e. The van der Waals surface area contributed by atoms with Crippen LogP contribution < -0.4 is 20.7 Å². The Morgan fingerprint density at radius 3 is 2.38 bits per heavy atom. The summed E-state index contributed by atoms with van der Waals surface area (Å²) in [7, 11) is 1.59. The molecule has 4 rings (SSSR count). The van der Waals surface area contributed by atoms with Gasteiger partial charge in [0, 0.05) is 18.7 Å². The van der Waals surface area contributed by atoms with Crippen molar-refractivity contribution in [1.82, 2.24) is 10.6 Å². The fourth-order valence-corrected chi connectivity index (χ4v) is 3.87. The minimum atomic E-state index is -0.703. The second kappa shape index (κ2) is 10.1. The number of benzene rings is 3. The van der Waals surface area contributed by atoms with Crippen LogP contribution >= 0.6 is 0 Å². The third-order valence-corrected chi connectivity index (χ3v) is 5.67. The molecule has 0 aromatic heterocycles. The summed E-state index contributed by atoms with van der Waals surface area (Å²) < 4.78 is 5.17. The molecule has 0 radical (unpaired) electrons. The molecule has 3 N–H and O–H groups in total. The highest BCUT2D eigenvalue weighted by atomic mass is 16.5. The first kappa shape index (κ1) is 21.6. The molecule has 3 aromatic carbocycles. The molecule has 0 saturated heterocycles. The number of anilines is 1. The van der Waals surface area contributed by atoms with Gasteiger partial charge in [0.05, 0.1) is 13.2 Å². The summed E-state index contributed by atoms with van der Waals surface area (Å²) in [4.78, 5) is 26.2. The van der Waals surface area contributed by atoms with E-state index >= 15 is 0 Å².